The van der Waals surface area contributed by atoms with Crippen LogP contribution in [0.3, 0.4) is 0 Å². The van der Waals surface area contributed by atoms with E-state index in [0.717, 1.165) is 22.2 Å². The van der Waals surface area contributed by atoms with E-state index in [1.807, 2.05) is 44.2 Å². The predicted octanol–water partition coefficient (Wildman–Crippen LogP) is 3.28. The molecular weight excluding hydrogens is 494 g/mol. The third kappa shape index (κ3) is 5.45. The number of benzene rings is 2. The number of carbonyl (C=O) groups excluding carboxylic acids is 2. The van der Waals surface area contributed by atoms with Crippen molar-refractivity contribution in [3.63, 3.8) is 0 Å². The summed E-state index contributed by atoms with van der Waals surface area (Å²) in [5, 5.41) is 10.2. The summed E-state index contributed by atoms with van der Waals surface area (Å²) >= 11 is 0. The van der Waals surface area contributed by atoms with Crippen LogP contribution in [-0.4, -0.2) is 54.2 Å². The molecule has 1 atom stereocenters. The van der Waals surface area contributed by atoms with Crippen molar-refractivity contribution < 1.29 is 28.0 Å². The van der Waals surface area contributed by atoms with Crippen LogP contribution in [0.15, 0.2) is 59.5 Å². The van der Waals surface area contributed by atoms with E-state index in [0.29, 0.717) is 12.2 Å². The smallest absolute Gasteiger partial charge is 0.254 e. The van der Waals surface area contributed by atoms with E-state index in [9.17, 15) is 23.2 Å². The van der Waals surface area contributed by atoms with Crippen LogP contribution < -0.4 is 10.2 Å². The summed E-state index contributed by atoms with van der Waals surface area (Å²) in [5.74, 6) is -1.22. The molecule has 196 valence electrons. The van der Waals surface area contributed by atoms with Gasteiger partial charge in [-0.15, -0.1) is 0 Å². The maximum Gasteiger partial charge on any atom is 0.254 e. The van der Waals surface area contributed by atoms with Gasteiger partial charge in [0.25, 0.3) is 5.91 Å². The van der Waals surface area contributed by atoms with E-state index in [4.69, 9.17) is 4.74 Å². The first kappa shape index (κ1) is 26.6. The molecule has 0 radical (unpaired) electrons. The molecule has 2 aromatic carbocycles. The van der Waals surface area contributed by atoms with Crippen molar-refractivity contribution in [2.24, 2.45) is 11.3 Å². The molecule has 2 amide bonds. The number of ether oxygens (including phenoxy) is 1. The molecule has 0 spiro atoms. The Hall–Kier alpha value is -3.50. The number of amides is 2. The Kier molecular flexibility index (Phi) is 7.52. The number of nitrogens with zero attached hydrogens (tertiary/aromatic N) is 2. The number of hydrogen-bond donors (Lipinski definition) is 2. The molecular formula is C27H31N3O6S. The van der Waals surface area contributed by atoms with E-state index in [1.54, 1.807) is 24.5 Å². The van der Waals surface area contributed by atoms with Gasteiger partial charge in [-0.1, -0.05) is 32.0 Å². The fourth-order valence-electron chi connectivity index (χ4n) is 4.61. The molecule has 9 nitrogen and oxygen atoms in total. The minimum atomic E-state index is -3.90. The van der Waals surface area contributed by atoms with Crippen LogP contribution in [0.2, 0.25) is 0 Å². The first-order valence-corrected chi connectivity index (χ1v) is 13.8. The Bertz CT molecular complexity index is 1420. The number of rotatable bonds is 9. The van der Waals surface area contributed by atoms with Crippen LogP contribution in [0.25, 0.3) is 10.9 Å². The maximum atomic E-state index is 13.2. The number of pyridine rings is 1. The Morgan fingerprint density at radius 3 is 2.49 bits per heavy atom. The van der Waals surface area contributed by atoms with Gasteiger partial charge in [-0.2, -0.15) is 0 Å². The molecule has 4 rings (SSSR count). The zero-order valence-corrected chi connectivity index (χ0v) is 21.9. The number of likely N-dealkylation sites (tertiary alicyclic amines) is 1. The Morgan fingerprint density at radius 1 is 1.16 bits per heavy atom. The number of nitrogens with one attached hydrogen (secondary N) is 1. The normalized spacial score (nSPS) is 15.6. The standard InChI is InChI=1S/C27H31N3O6S/c1-4-18(2)25(31)30-15-27(16-30,26(32)29-33)17-37(34,35)22-11-9-21(10-12-22)36-14-20-13-19(3)28-24-8-6-5-7-23(20)24/h5-13,18,33H,4,14-17H2,1-3H3,(H,29,32)/t18-/m0/s1. The SMILES string of the molecule is CC[C@H](C)C(=O)N1CC(CS(=O)(=O)c2ccc(OCc3cc(C)nc4ccccc34)cc2)(C(=O)NO)C1. The van der Waals surface area contributed by atoms with E-state index in [-0.39, 0.29) is 36.4 Å². The minimum Gasteiger partial charge on any atom is -0.489 e. The second-order valence-electron chi connectivity index (χ2n) is 9.68. The monoisotopic (exact) mass is 525 g/mol. The van der Waals surface area contributed by atoms with Gasteiger partial charge in [0.15, 0.2) is 9.84 Å². The van der Waals surface area contributed by atoms with Crippen molar-refractivity contribution in [1.29, 1.82) is 0 Å². The van der Waals surface area contributed by atoms with Crippen LogP contribution in [0.4, 0.5) is 0 Å². The second kappa shape index (κ2) is 10.5. The van der Waals surface area contributed by atoms with Crippen LogP contribution in [0.1, 0.15) is 31.5 Å². The van der Waals surface area contributed by atoms with Crippen molar-refractivity contribution >= 4 is 32.6 Å². The molecule has 1 aliphatic heterocycles. The van der Waals surface area contributed by atoms with Crippen LogP contribution >= 0.6 is 0 Å². The molecule has 37 heavy (non-hydrogen) atoms. The van der Waals surface area contributed by atoms with Crippen molar-refractivity contribution in [3.05, 3.63) is 65.9 Å². The largest absolute Gasteiger partial charge is 0.489 e. The summed E-state index contributed by atoms with van der Waals surface area (Å²) in [4.78, 5) is 30.9. The Morgan fingerprint density at radius 2 is 1.84 bits per heavy atom. The van der Waals surface area contributed by atoms with Gasteiger partial charge in [-0.25, -0.2) is 13.9 Å². The fraction of sp³-hybridized carbons (Fsp3) is 0.370. The first-order valence-electron chi connectivity index (χ1n) is 12.1. The molecule has 0 saturated carbocycles. The van der Waals surface area contributed by atoms with E-state index >= 15 is 0 Å². The molecule has 2 heterocycles. The van der Waals surface area contributed by atoms with Gasteiger partial charge in [0, 0.05) is 35.7 Å². The number of hydroxylamine groups is 1. The lowest BCUT2D eigenvalue weighted by atomic mass is 9.80. The highest BCUT2D eigenvalue weighted by molar-refractivity contribution is 7.91. The molecule has 1 saturated heterocycles. The van der Waals surface area contributed by atoms with Crippen molar-refractivity contribution in [2.75, 3.05) is 18.8 Å². The highest BCUT2D eigenvalue weighted by Gasteiger charge is 2.54. The quantitative estimate of drug-likeness (QED) is 0.324. The molecule has 1 fully saturated rings. The molecule has 0 bridgehead atoms. The molecule has 3 aromatic rings. The molecule has 2 N–H and O–H groups in total. The first-order chi connectivity index (χ1) is 17.6. The highest BCUT2D eigenvalue weighted by atomic mass is 32.2. The Labute approximate surface area is 216 Å². The van der Waals surface area contributed by atoms with Crippen LogP contribution in [0, 0.1) is 18.3 Å². The van der Waals surface area contributed by atoms with Gasteiger partial charge in [-0.3, -0.25) is 19.8 Å². The van der Waals surface area contributed by atoms with Gasteiger partial charge in [0.05, 0.1) is 16.2 Å². The van der Waals surface area contributed by atoms with Gasteiger partial charge >= 0.3 is 0 Å². The molecule has 1 aromatic heterocycles. The number of para-hydroxylation sites is 1. The summed E-state index contributed by atoms with van der Waals surface area (Å²) < 4.78 is 32.3. The third-order valence-corrected chi connectivity index (χ3v) is 8.81. The van der Waals surface area contributed by atoms with Gasteiger partial charge in [-0.05, 0) is 49.7 Å². The van der Waals surface area contributed by atoms with Crippen molar-refractivity contribution in [1.82, 2.24) is 15.4 Å². The summed E-state index contributed by atoms with van der Waals surface area (Å²) in [6.45, 7) is 5.74. The second-order valence-corrected chi connectivity index (χ2v) is 11.7. The van der Waals surface area contributed by atoms with E-state index < -0.39 is 26.9 Å². The van der Waals surface area contributed by atoms with Gasteiger partial charge in [0.2, 0.25) is 5.91 Å². The molecule has 10 heteroatoms. The highest BCUT2D eigenvalue weighted by Crippen LogP contribution is 2.36. The number of carbonyl (C=O) groups is 2. The topological polar surface area (TPSA) is 126 Å². The zero-order chi connectivity index (χ0) is 26.8. The number of sulfone groups is 1. The average molecular weight is 526 g/mol. The molecule has 1 aliphatic rings. The number of fused-ring (bicyclic) bond motifs is 1. The zero-order valence-electron chi connectivity index (χ0n) is 21.1. The fourth-order valence-corrected chi connectivity index (χ4v) is 6.37. The number of hydrogen-bond acceptors (Lipinski definition) is 7. The van der Waals surface area contributed by atoms with Crippen LogP contribution in [0.5, 0.6) is 5.75 Å². The summed E-state index contributed by atoms with van der Waals surface area (Å²) in [6, 6.07) is 15.8. The lowest BCUT2D eigenvalue weighted by Crippen LogP contribution is -2.67. The number of aryl methyl sites for hydroxylation is 1. The van der Waals surface area contributed by atoms with E-state index in [2.05, 4.69) is 4.98 Å². The minimum absolute atomic E-state index is 0.0295. The molecule has 0 aliphatic carbocycles. The van der Waals surface area contributed by atoms with Gasteiger partial charge in [0.1, 0.15) is 17.8 Å². The predicted molar refractivity (Wildman–Crippen MR) is 138 cm³/mol. The lowest BCUT2D eigenvalue weighted by molar-refractivity contribution is -0.158. The van der Waals surface area contributed by atoms with E-state index in [1.165, 1.54) is 17.0 Å². The lowest BCUT2D eigenvalue weighted by Gasteiger charge is -2.48. The van der Waals surface area contributed by atoms with Gasteiger partial charge < -0.3 is 9.64 Å². The Balaban J connectivity index is 1.46. The van der Waals surface area contributed by atoms with Crippen molar-refractivity contribution in [3.8, 4) is 5.75 Å². The summed E-state index contributed by atoms with van der Waals surface area (Å²) in [7, 11) is -3.90. The summed E-state index contributed by atoms with van der Waals surface area (Å²) in [5.41, 5.74) is 2.89. The van der Waals surface area contributed by atoms with Crippen LogP contribution in [-0.2, 0) is 26.0 Å². The average Bonchev–Trinajstić information content (AvgIpc) is 2.87. The third-order valence-electron chi connectivity index (χ3n) is 6.89. The molecule has 0 unspecified atom stereocenters. The van der Waals surface area contributed by atoms with Crippen molar-refractivity contribution in [2.45, 2.75) is 38.7 Å². The summed E-state index contributed by atoms with van der Waals surface area (Å²) in [6.07, 6.45) is 0.637. The number of aromatic nitrogens is 1. The maximum absolute atomic E-state index is 13.2.